The molecule has 0 aromatic heterocycles. The molecule has 0 bridgehead atoms. The summed E-state index contributed by atoms with van der Waals surface area (Å²) < 4.78 is 10.2. The molecule has 1 aliphatic heterocycles. The molecule has 3 amide bonds. The maximum atomic E-state index is 13.7. The number of benzene rings is 5. The number of nitrogens with zero attached hydrogens (tertiary/aromatic N) is 2. The molecule has 10 nitrogen and oxygen atoms in total. The normalized spacial score (nSPS) is 12.9. The first-order valence-corrected chi connectivity index (χ1v) is 17.8. The first-order chi connectivity index (χ1) is 25.8. The molecule has 53 heavy (non-hydrogen) atoms. The highest BCUT2D eigenvalue weighted by molar-refractivity contribution is 6.15. The van der Waals surface area contributed by atoms with E-state index < -0.39 is 5.91 Å². The number of hydrogen-bond acceptors (Lipinski definition) is 7. The summed E-state index contributed by atoms with van der Waals surface area (Å²) >= 11 is 0. The summed E-state index contributed by atoms with van der Waals surface area (Å²) in [7, 11) is 3.13. The predicted octanol–water partition coefficient (Wildman–Crippen LogP) is 6.71. The zero-order valence-corrected chi connectivity index (χ0v) is 30.1. The average Bonchev–Trinajstić information content (AvgIpc) is 3.20. The van der Waals surface area contributed by atoms with Crippen LogP contribution in [0.15, 0.2) is 109 Å². The number of esters is 1. The molecule has 0 radical (unpaired) electrons. The summed E-state index contributed by atoms with van der Waals surface area (Å²) in [6.07, 6.45) is 2.64. The number of ether oxygens (including phenoxy) is 2. The van der Waals surface area contributed by atoms with E-state index >= 15 is 0 Å². The predicted molar refractivity (Wildman–Crippen MR) is 207 cm³/mol. The standard InChI is InChI=1S/C43H44N4O6/c1-46(21-22-47-23-25-53-26-24-47)42(50)36-12-6-11-35(27-36)40(48)45-39-29-34-10-4-3-9-33(34)28-38(39)41(49)44-37-19-15-31(16-20-37)8-5-7-30-13-17-32(18-14-30)43(51)52-2/h3-4,6,9-20,27-29H,5,7-8,21-26H2,1-2H3,(H,44,49)(H,45,48). The van der Waals surface area contributed by atoms with Crippen LogP contribution in [0.1, 0.15) is 59.0 Å². The van der Waals surface area contributed by atoms with Crippen LogP contribution < -0.4 is 10.6 Å². The maximum absolute atomic E-state index is 13.7. The van der Waals surface area contributed by atoms with Gasteiger partial charge in [0.15, 0.2) is 0 Å². The minimum absolute atomic E-state index is 0.170. The van der Waals surface area contributed by atoms with E-state index in [0.717, 1.165) is 60.8 Å². The molecule has 10 heteroatoms. The fraction of sp³-hybridized carbons (Fsp3) is 0.256. The quantitative estimate of drug-likeness (QED) is 0.130. The Balaban J connectivity index is 1.10. The van der Waals surface area contributed by atoms with Gasteiger partial charge in [-0.2, -0.15) is 0 Å². The van der Waals surface area contributed by atoms with Gasteiger partial charge in [-0.15, -0.1) is 0 Å². The van der Waals surface area contributed by atoms with Crippen molar-refractivity contribution in [2.75, 3.05) is 64.2 Å². The maximum Gasteiger partial charge on any atom is 0.337 e. The number of morpholine rings is 1. The van der Waals surface area contributed by atoms with Crippen LogP contribution in [0.5, 0.6) is 0 Å². The molecular weight excluding hydrogens is 668 g/mol. The Kier molecular flexibility index (Phi) is 12.3. The molecule has 0 spiro atoms. The van der Waals surface area contributed by atoms with Gasteiger partial charge in [0.2, 0.25) is 0 Å². The summed E-state index contributed by atoms with van der Waals surface area (Å²) in [5.41, 5.74) is 4.84. The van der Waals surface area contributed by atoms with Crippen molar-refractivity contribution in [1.82, 2.24) is 9.80 Å². The van der Waals surface area contributed by atoms with E-state index in [-0.39, 0.29) is 17.8 Å². The molecule has 0 aliphatic carbocycles. The van der Waals surface area contributed by atoms with Gasteiger partial charge in [-0.25, -0.2) is 4.79 Å². The van der Waals surface area contributed by atoms with E-state index in [1.165, 1.54) is 7.11 Å². The van der Waals surface area contributed by atoms with Gasteiger partial charge >= 0.3 is 5.97 Å². The second-order valence-electron chi connectivity index (χ2n) is 13.2. The Morgan fingerprint density at radius 2 is 1.36 bits per heavy atom. The van der Waals surface area contributed by atoms with Gasteiger partial charge in [-0.05, 0) is 95.8 Å². The number of rotatable bonds is 13. The number of amides is 3. The highest BCUT2D eigenvalue weighted by Gasteiger charge is 2.19. The molecule has 1 aliphatic rings. The number of methoxy groups -OCH3 is 1. The van der Waals surface area contributed by atoms with Crippen LogP contribution in [0, 0.1) is 0 Å². The van der Waals surface area contributed by atoms with Gasteiger partial charge in [0.25, 0.3) is 17.7 Å². The van der Waals surface area contributed by atoms with Crippen molar-refractivity contribution >= 4 is 45.8 Å². The van der Waals surface area contributed by atoms with Crippen molar-refractivity contribution in [3.63, 3.8) is 0 Å². The smallest absolute Gasteiger partial charge is 0.337 e. The first-order valence-electron chi connectivity index (χ1n) is 17.8. The van der Waals surface area contributed by atoms with Gasteiger partial charge in [0.05, 0.1) is 37.1 Å². The largest absolute Gasteiger partial charge is 0.465 e. The van der Waals surface area contributed by atoms with Crippen LogP contribution in [-0.4, -0.2) is 87.0 Å². The minimum Gasteiger partial charge on any atom is -0.465 e. The average molecular weight is 713 g/mol. The molecule has 1 heterocycles. The Hall–Kier alpha value is -5.84. The molecule has 5 aromatic rings. The molecule has 1 fully saturated rings. The Morgan fingerprint density at radius 3 is 2.04 bits per heavy atom. The van der Waals surface area contributed by atoms with E-state index in [1.54, 1.807) is 60.5 Å². The molecule has 2 N–H and O–H groups in total. The number of fused-ring (bicyclic) bond motifs is 1. The van der Waals surface area contributed by atoms with Crippen LogP contribution in [0.2, 0.25) is 0 Å². The highest BCUT2D eigenvalue weighted by atomic mass is 16.5. The number of nitrogens with one attached hydrogen (secondary N) is 2. The third-order valence-corrected chi connectivity index (χ3v) is 9.47. The van der Waals surface area contributed by atoms with Crippen LogP contribution in [0.4, 0.5) is 11.4 Å². The van der Waals surface area contributed by atoms with Gasteiger partial charge in [0.1, 0.15) is 0 Å². The topological polar surface area (TPSA) is 117 Å². The molecule has 6 rings (SSSR count). The molecular formula is C43H44N4O6. The molecule has 0 unspecified atom stereocenters. The highest BCUT2D eigenvalue weighted by Crippen LogP contribution is 2.26. The molecule has 1 saturated heterocycles. The zero-order chi connectivity index (χ0) is 37.2. The number of carbonyl (C=O) groups excluding carboxylic acids is 4. The zero-order valence-electron chi connectivity index (χ0n) is 30.1. The van der Waals surface area contributed by atoms with Crippen molar-refractivity contribution in [1.29, 1.82) is 0 Å². The summed E-state index contributed by atoms with van der Waals surface area (Å²) in [5.74, 6) is -1.31. The van der Waals surface area contributed by atoms with Gasteiger partial charge in [0, 0.05) is 50.0 Å². The van der Waals surface area contributed by atoms with Crippen molar-refractivity contribution in [3.05, 3.63) is 143 Å². The molecule has 0 saturated carbocycles. The van der Waals surface area contributed by atoms with E-state index in [2.05, 4.69) is 15.5 Å². The summed E-state index contributed by atoms with van der Waals surface area (Å²) in [4.78, 5) is 56.2. The number of aryl methyl sites for hydroxylation is 2. The van der Waals surface area contributed by atoms with Crippen molar-refractivity contribution in [2.45, 2.75) is 19.3 Å². The Labute approximate surface area is 309 Å². The molecule has 0 atom stereocenters. The number of hydrogen-bond donors (Lipinski definition) is 2. The van der Waals surface area contributed by atoms with E-state index in [4.69, 9.17) is 9.47 Å². The Morgan fingerprint density at radius 1 is 0.717 bits per heavy atom. The van der Waals surface area contributed by atoms with Crippen molar-refractivity contribution in [2.24, 2.45) is 0 Å². The van der Waals surface area contributed by atoms with E-state index in [9.17, 15) is 19.2 Å². The second kappa shape index (κ2) is 17.6. The molecule has 272 valence electrons. The Bertz CT molecular complexity index is 2070. The van der Waals surface area contributed by atoms with Gasteiger partial charge in [-0.1, -0.05) is 54.6 Å². The lowest BCUT2D eigenvalue weighted by atomic mass is 10.0. The fourth-order valence-electron chi connectivity index (χ4n) is 6.33. The summed E-state index contributed by atoms with van der Waals surface area (Å²) in [6, 6.07) is 33.0. The lowest BCUT2D eigenvalue weighted by Crippen LogP contribution is -2.41. The minimum atomic E-state index is -0.427. The number of carbonyl (C=O) groups is 4. The summed E-state index contributed by atoms with van der Waals surface area (Å²) in [6.45, 7) is 4.39. The van der Waals surface area contributed by atoms with Crippen LogP contribution in [0.25, 0.3) is 10.8 Å². The lowest BCUT2D eigenvalue weighted by molar-refractivity contribution is 0.0338. The van der Waals surface area contributed by atoms with E-state index in [1.807, 2.05) is 60.7 Å². The molecule has 5 aromatic carbocycles. The van der Waals surface area contributed by atoms with E-state index in [0.29, 0.717) is 53.4 Å². The third kappa shape index (κ3) is 9.73. The number of anilines is 2. The van der Waals surface area contributed by atoms with Crippen LogP contribution in [0.3, 0.4) is 0 Å². The fourth-order valence-corrected chi connectivity index (χ4v) is 6.33. The second-order valence-corrected chi connectivity index (χ2v) is 13.2. The monoisotopic (exact) mass is 712 g/mol. The van der Waals surface area contributed by atoms with Crippen LogP contribution >= 0.6 is 0 Å². The lowest BCUT2D eigenvalue weighted by Gasteiger charge is -2.28. The van der Waals surface area contributed by atoms with Gasteiger partial charge in [-0.3, -0.25) is 19.3 Å². The van der Waals surface area contributed by atoms with Crippen molar-refractivity contribution in [3.8, 4) is 0 Å². The van der Waals surface area contributed by atoms with Crippen LogP contribution in [-0.2, 0) is 22.3 Å². The summed E-state index contributed by atoms with van der Waals surface area (Å²) in [5, 5.41) is 7.66. The van der Waals surface area contributed by atoms with Crippen molar-refractivity contribution < 1.29 is 28.7 Å². The van der Waals surface area contributed by atoms with Gasteiger partial charge < -0.3 is 25.0 Å². The number of likely N-dealkylation sites (N-methyl/N-ethyl adjacent to an activating group) is 1. The third-order valence-electron chi connectivity index (χ3n) is 9.47. The first kappa shape index (κ1) is 36.9. The SMILES string of the molecule is COC(=O)c1ccc(CCCc2ccc(NC(=O)c3cc4ccccc4cc3NC(=O)c3cccc(C(=O)N(C)CCN4CCOCC4)c3)cc2)cc1.